The number of benzene rings is 11. The highest BCUT2D eigenvalue weighted by molar-refractivity contribution is 6.11. The van der Waals surface area contributed by atoms with Gasteiger partial charge in [0, 0.05) is 49.7 Å². The van der Waals surface area contributed by atoms with Gasteiger partial charge >= 0.3 is 0 Å². The van der Waals surface area contributed by atoms with E-state index in [9.17, 15) is 0 Å². The first-order chi connectivity index (χ1) is 34.2. The van der Waals surface area contributed by atoms with E-state index >= 15 is 0 Å². The SMILES string of the molecule is c1ccc(-c2ccc(-c3cccc(N(c4ccc(-c5ccc(-c6ccccc6-n6c7ccccc7c7ccccc76)cc5)cc4)c4ccc(-c5cccc6c5oc5ccccc56)cc4)c3)cc2)cc1. The van der Waals surface area contributed by atoms with Crippen LogP contribution >= 0.6 is 0 Å². The molecule has 2 heterocycles. The van der Waals surface area contributed by atoms with E-state index in [2.05, 4.69) is 264 Å². The first kappa shape index (κ1) is 40.1. The van der Waals surface area contributed by atoms with Crippen LogP contribution in [0, 0.1) is 0 Å². The van der Waals surface area contributed by atoms with E-state index < -0.39 is 0 Å². The van der Waals surface area contributed by atoms with E-state index in [-0.39, 0.29) is 0 Å². The molecule has 0 radical (unpaired) electrons. The standard InChI is InChI=1S/C66H44N2O/c1-2-14-45(15-3-1)46-28-30-49(31-29-46)52-16-12-17-55(44-52)67(54-42-38-51(39-43-54)57-22-13-23-61-60-21-7-11-27-65(60)69-66(57)61)53-40-36-48(37-41-53)47-32-34-50(35-33-47)56-18-4-8-24-62(56)68-63-25-9-5-19-58(63)59-20-6-10-26-64(59)68/h1-44H. The molecule has 0 aliphatic rings. The van der Waals surface area contributed by atoms with Gasteiger partial charge in [0.25, 0.3) is 0 Å². The average molecular weight is 881 g/mol. The van der Waals surface area contributed by atoms with E-state index in [4.69, 9.17) is 4.42 Å². The summed E-state index contributed by atoms with van der Waals surface area (Å²) in [6, 6.07) is 96.0. The zero-order valence-corrected chi connectivity index (χ0v) is 37.7. The number of hydrogen-bond donors (Lipinski definition) is 0. The maximum Gasteiger partial charge on any atom is 0.143 e. The van der Waals surface area contributed by atoms with Crippen molar-refractivity contribution >= 4 is 60.8 Å². The second-order valence-corrected chi connectivity index (χ2v) is 17.7. The number of rotatable bonds is 9. The summed E-state index contributed by atoms with van der Waals surface area (Å²) in [5.74, 6) is 0. The van der Waals surface area contributed by atoms with Crippen LogP contribution < -0.4 is 4.90 Å². The second kappa shape index (κ2) is 16.9. The lowest BCUT2D eigenvalue weighted by molar-refractivity contribution is 0.670. The smallest absolute Gasteiger partial charge is 0.143 e. The fourth-order valence-corrected chi connectivity index (χ4v) is 10.3. The zero-order chi connectivity index (χ0) is 45.7. The van der Waals surface area contributed by atoms with E-state index in [0.29, 0.717) is 0 Å². The van der Waals surface area contributed by atoms with Crippen molar-refractivity contribution in [3.8, 4) is 61.3 Å². The number of para-hydroxylation sites is 5. The van der Waals surface area contributed by atoms with Crippen LogP contribution in [0.1, 0.15) is 0 Å². The highest BCUT2D eigenvalue weighted by atomic mass is 16.3. The molecule has 0 saturated carbocycles. The number of anilines is 3. The Labute approximate surface area is 401 Å². The molecule has 3 nitrogen and oxygen atoms in total. The van der Waals surface area contributed by atoms with Gasteiger partial charge in [0.05, 0.1) is 16.7 Å². The largest absolute Gasteiger partial charge is 0.455 e. The van der Waals surface area contributed by atoms with E-state index in [1.54, 1.807) is 0 Å². The summed E-state index contributed by atoms with van der Waals surface area (Å²) in [5, 5.41) is 4.78. The van der Waals surface area contributed by atoms with E-state index in [1.165, 1.54) is 55.3 Å². The number of aromatic nitrogens is 1. The predicted octanol–water partition coefficient (Wildman–Crippen LogP) is 18.5. The molecule has 0 aliphatic heterocycles. The molecule has 324 valence electrons. The van der Waals surface area contributed by atoms with Crippen LogP contribution in [0.25, 0.3) is 105 Å². The van der Waals surface area contributed by atoms with Gasteiger partial charge in [-0.1, -0.05) is 206 Å². The maximum absolute atomic E-state index is 6.46. The van der Waals surface area contributed by atoms with Gasteiger partial charge in [-0.15, -0.1) is 0 Å². The van der Waals surface area contributed by atoms with Crippen molar-refractivity contribution in [1.29, 1.82) is 0 Å². The van der Waals surface area contributed by atoms with Gasteiger partial charge in [-0.3, -0.25) is 0 Å². The van der Waals surface area contributed by atoms with Crippen molar-refractivity contribution in [2.75, 3.05) is 4.90 Å². The van der Waals surface area contributed by atoms with Crippen molar-refractivity contribution in [1.82, 2.24) is 4.57 Å². The van der Waals surface area contributed by atoms with Crippen molar-refractivity contribution in [3.63, 3.8) is 0 Å². The van der Waals surface area contributed by atoms with Gasteiger partial charge in [-0.2, -0.15) is 0 Å². The van der Waals surface area contributed by atoms with Crippen molar-refractivity contribution in [2.24, 2.45) is 0 Å². The topological polar surface area (TPSA) is 21.3 Å². The fourth-order valence-electron chi connectivity index (χ4n) is 10.3. The molecular weight excluding hydrogens is 837 g/mol. The lowest BCUT2D eigenvalue weighted by atomic mass is 9.98. The van der Waals surface area contributed by atoms with Crippen LogP contribution in [-0.4, -0.2) is 4.57 Å². The van der Waals surface area contributed by atoms with E-state index in [0.717, 1.165) is 66.8 Å². The number of furan rings is 1. The zero-order valence-electron chi connectivity index (χ0n) is 37.7. The van der Waals surface area contributed by atoms with Crippen molar-refractivity contribution in [3.05, 3.63) is 267 Å². The molecule has 0 atom stereocenters. The number of fused-ring (bicyclic) bond motifs is 6. The Balaban J connectivity index is 0.851. The van der Waals surface area contributed by atoms with Gasteiger partial charge in [0.2, 0.25) is 0 Å². The third-order valence-corrected chi connectivity index (χ3v) is 13.7. The Kier molecular flexibility index (Phi) is 9.84. The molecule has 2 aromatic heterocycles. The predicted molar refractivity (Wildman–Crippen MR) is 290 cm³/mol. The Hall–Kier alpha value is -9.18. The number of hydrogen-bond acceptors (Lipinski definition) is 2. The molecule has 13 rings (SSSR count). The monoisotopic (exact) mass is 880 g/mol. The minimum Gasteiger partial charge on any atom is -0.455 e. The third kappa shape index (κ3) is 7.16. The first-order valence-corrected chi connectivity index (χ1v) is 23.6. The van der Waals surface area contributed by atoms with Crippen molar-refractivity contribution < 1.29 is 4.42 Å². The molecule has 0 saturated heterocycles. The molecule has 0 N–H and O–H groups in total. The lowest BCUT2D eigenvalue weighted by Crippen LogP contribution is -2.10. The Morgan fingerprint density at radius 1 is 0.275 bits per heavy atom. The Morgan fingerprint density at radius 2 is 0.710 bits per heavy atom. The van der Waals surface area contributed by atoms with Crippen LogP contribution in [0.4, 0.5) is 17.1 Å². The highest BCUT2D eigenvalue weighted by Gasteiger charge is 2.18. The lowest BCUT2D eigenvalue weighted by Gasteiger charge is -2.26. The molecule has 0 amide bonds. The fraction of sp³-hybridized carbons (Fsp3) is 0. The van der Waals surface area contributed by atoms with Crippen LogP contribution in [0.3, 0.4) is 0 Å². The summed E-state index contributed by atoms with van der Waals surface area (Å²) in [5.41, 5.74) is 20.2. The van der Waals surface area contributed by atoms with Gasteiger partial charge in [-0.25, -0.2) is 0 Å². The molecule has 0 fully saturated rings. The van der Waals surface area contributed by atoms with Gasteiger partial charge < -0.3 is 13.9 Å². The summed E-state index contributed by atoms with van der Waals surface area (Å²) in [6.45, 7) is 0. The normalized spacial score (nSPS) is 11.5. The molecule has 11 aromatic carbocycles. The van der Waals surface area contributed by atoms with Crippen LogP contribution in [-0.2, 0) is 0 Å². The average Bonchev–Trinajstić information content (AvgIpc) is 3.98. The molecule has 3 heteroatoms. The quantitative estimate of drug-likeness (QED) is 0.144. The summed E-state index contributed by atoms with van der Waals surface area (Å²) in [7, 11) is 0. The highest BCUT2D eigenvalue weighted by Crippen LogP contribution is 2.42. The van der Waals surface area contributed by atoms with Gasteiger partial charge in [0.1, 0.15) is 11.2 Å². The summed E-state index contributed by atoms with van der Waals surface area (Å²) in [4.78, 5) is 2.35. The molecule has 0 spiro atoms. The molecule has 0 unspecified atom stereocenters. The second-order valence-electron chi connectivity index (χ2n) is 17.7. The van der Waals surface area contributed by atoms with Crippen molar-refractivity contribution in [2.45, 2.75) is 0 Å². The van der Waals surface area contributed by atoms with E-state index in [1.807, 2.05) is 12.1 Å². The van der Waals surface area contributed by atoms with Crippen LogP contribution in [0.5, 0.6) is 0 Å². The number of nitrogens with zero attached hydrogens (tertiary/aromatic N) is 2. The Bertz CT molecular complexity index is 3920. The van der Waals surface area contributed by atoms with Crippen LogP contribution in [0.15, 0.2) is 271 Å². The minimum atomic E-state index is 0.901. The third-order valence-electron chi connectivity index (χ3n) is 13.7. The minimum absolute atomic E-state index is 0.901. The summed E-state index contributed by atoms with van der Waals surface area (Å²) < 4.78 is 8.86. The molecule has 13 aromatic rings. The molecular formula is C66H44N2O. The van der Waals surface area contributed by atoms with Crippen LogP contribution in [0.2, 0.25) is 0 Å². The summed E-state index contributed by atoms with van der Waals surface area (Å²) >= 11 is 0. The Morgan fingerprint density at radius 3 is 1.38 bits per heavy atom. The first-order valence-electron chi connectivity index (χ1n) is 23.6. The molecule has 0 bridgehead atoms. The molecule has 0 aliphatic carbocycles. The summed E-state index contributed by atoms with van der Waals surface area (Å²) in [6.07, 6.45) is 0. The van der Waals surface area contributed by atoms with Gasteiger partial charge in [-0.05, 0) is 105 Å². The maximum atomic E-state index is 6.46. The molecule has 69 heavy (non-hydrogen) atoms. The van der Waals surface area contributed by atoms with Gasteiger partial charge in [0.15, 0.2) is 0 Å².